The van der Waals surface area contributed by atoms with Gasteiger partial charge in [0.05, 0.1) is 15.0 Å². The topological polar surface area (TPSA) is 72.2 Å². The summed E-state index contributed by atoms with van der Waals surface area (Å²) in [6.07, 6.45) is 3.06. The first-order chi connectivity index (χ1) is 6.88. The zero-order valence-electron chi connectivity index (χ0n) is 8.35. The molecule has 0 saturated carbocycles. The molecule has 1 rings (SSSR count). The van der Waals surface area contributed by atoms with Crippen LogP contribution in [0.4, 0.5) is 0 Å². The monoisotopic (exact) mass is 344 g/mol. The van der Waals surface area contributed by atoms with E-state index >= 15 is 0 Å². The predicted molar refractivity (Wildman–Crippen MR) is 65.3 cm³/mol. The molecule has 1 N–H and O–H groups in total. The Labute approximate surface area is 103 Å². The normalized spacial score (nSPS) is 11.9. The third-order valence-electron chi connectivity index (χ3n) is 1.93. The highest BCUT2D eigenvalue weighted by atomic mass is 127. The minimum Gasteiger partial charge on any atom is -0.286 e. The summed E-state index contributed by atoms with van der Waals surface area (Å²) in [7, 11) is -3.81. The number of rotatable bonds is 5. The minimum absolute atomic E-state index is 0.176. The van der Waals surface area contributed by atoms with Gasteiger partial charge in [-0.25, -0.2) is 0 Å². The van der Waals surface area contributed by atoms with Crippen LogP contribution in [0.15, 0.2) is 6.20 Å². The van der Waals surface area contributed by atoms with Gasteiger partial charge in [-0.15, -0.1) is 0 Å². The summed E-state index contributed by atoms with van der Waals surface area (Å²) in [6.45, 7) is 2.61. The number of hydrogen-bond donors (Lipinski definition) is 1. The fraction of sp³-hybridized carbons (Fsp3) is 0.625. The van der Waals surface area contributed by atoms with Gasteiger partial charge in [-0.3, -0.25) is 9.23 Å². The van der Waals surface area contributed by atoms with Gasteiger partial charge in [0.1, 0.15) is 0 Å². The van der Waals surface area contributed by atoms with Crippen molar-refractivity contribution < 1.29 is 13.0 Å². The van der Waals surface area contributed by atoms with Gasteiger partial charge in [0.25, 0.3) is 10.1 Å². The van der Waals surface area contributed by atoms with Crippen LogP contribution in [0.2, 0.25) is 0 Å². The summed E-state index contributed by atoms with van der Waals surface area (Å²) in [5.41, 5.74) is 0.977. The van der Waals surface area contributed by atoms with E-state index in [0.717, 1.165) is 9.26 Å². The van der Waals surface area contributed by atoms with E-state index in [1.807, 2.05) is 13.1 Å². The van der Waals surface area contributed by atoms with E-state index in [2.05, 4.69) is 27.7 Å². The lowest BCUT2D eigenvalue weighted by Crippen LogP contribution is -2.06. The van der Waals surface area contributed by atoms with Gasteiger partial charge in [-0.1, -0.05) is 0 Å². The number of unbranched alkanes of at least 4 members (excludes halogenated alkanes) is 1. The van der Waals surface area contributed by atoms with E-state index in [0.29, 0.717) is 19.4 Å². The molecule has 5 nitrogen and oxygen atoms in total. The molecule has 0 saturated heterocycles. The van der Waals surface area contributed by atoms with Crippen molar-refractivity contribution in [1.29, 1.82) is 0 Å². The largest absolute Gasteiger partial charge is 0.286 e. The Hall–Kier alpha value is -0.150. The zero-order chi connectivity index (χ0) is 11.5. The van der Waals surface area contributed by atoms with E-state index in [-0.39, 0.29) is 5.75 Å². The first kappa shape index (κ1) is 12.9. The summed E-state index contributed by atoms with van der Waals surface area (Å²) >= 11 is 2.20. The molecule has 0 spiro atoms. The van der Waals surface area contributed by atoms with Crippen molar-refractivity contribution in [2.45, 2.75) is 26.3 Å². The molecule has 0 atom stereocenters. The molecular formula is C8H13IN2O3S. The van der Waals surface area contributed by atoms with Crippen LogP contribution in [0.1, 0.15) is 18.5 Å². The molecule has 1 heterocycles. The maximum absolute atomic E-state index is 10.4. The molecule has 15 heavy (non-hydrogen) atoms. The zero-order valence-corrected chi connectivity index (χ0v) is 11.3. The van der Waals surface area contributed by atoms with E-state index in [1.54, 1.807) is 4.68 Å². The summed E-state index contributed by atoms with van der Waals surface area (Å²) in [5.74, 6) is -0.176. The lowest BCUT2D eigenvalue weighted by Gasteiger charge is -2.00. The Morgan fingerprint density at radius 2 is 2.20 bits per heavy atom. The van der Waals surface area contributed by atoms with Gasteiger partial charge in [0, 0.05) is 12.7 Å². The first-order valence-electron chi connectivity index (χ1n) is 4.53. The molecule has 0 unspecified atom stereocenters. The van der Waals surface area contributed by atoms with Crippen molar-refractivity contribution in [3.63, 3.8) is 0 Å². The Bertz CT molecular complexity index is 408. The fourth-order valence-corrected chi connectivity index (χ4v) is 2.16. The molecule has 0 radical (unpaired) electrons. The molecule has 0 aliphatic heterocycles. The third kappa shape index (κ3) is 4.94. The first-order valence-corrected chi connectivity index (χ1v) is 7.22. The number of hydrogen-bond acceptors (Lipinski definition) is 3. The quantitative estimate of drug-likeness (QED) is 0.499. The van der Waals surface area contributed by atoms with Crippen LogP contribution in [0.5, 0.6) is 0 Å². The lowest BCUT2D eigenvalue weighted by molar-refractivity contribution is 0.476. The molecular weight excluding hydrogens is 331 g/mol. The molecule has 0 amide bonds. The van der Waals surface area contributed by atoms with E-state index in [4.69, 9.17) is 4.55 Å². The Morgan fingerprint density at radius 3 is 2.67 bits per heavy atom. The number of nitrogens with zero attached hydrogens (tertiary/aromatic N) is 2. The molecule has 1 aromatic rings. The average Bonchev–Trinajstić information content (AvgIpc) is 2.39. The lowest BCUT2D eigenvalue weighted by atomic mass is 10.3. The van der Waals surface area contributed by atoms with Gasteiger partial charge >= 0.3 is 0 Å². The van der Waals surface area contributed by atoms with Crippen molar-refractivity contribution in [3.8, 4) is 0 Å². The molecule has 7 heteroatoms. The highest BCUT2D eigenvalue weighted by molar-refractivity contribution is 14.1. The van der Waals surface area contributed by atoms with E-state index < -0.39 is 10.1 Å². The molecule has 0 aliphatic carbocycles. The molecule has 0 fully saturated rings. The van der Waals surface area contributed by atoms with Crippen LogP contribution in [-0.4, -0.2) is 28.5 Å². The van der Waals surface area contributed by atoms with E-state index in [9.17, 15) is 8.42 Å². The standard InChI is InChI=1S/C8H13IN2O3S/c1-7-8(9)6-11(10-7)4-2-3-5-15(12,13)14/h6H,2-5H2,1H3,(H,12,13,14). The average molecular weight is 344 g/mol. The summed E-state index contributed by atoms with van der Waals surface area (Å²) in [4.78, 5) is 0. The second-order valence-electron chi connectivity index (χ2n) is 3.32. The highest BCUT2D eigenvalue weighted by Crippen LogP contribution is 2.09. The summed E-state index contributed by atoms with van der Waals surface area (Å²) < 4.78 is 32.3. The van der Waals surface area contributed by atoms with Gasteiger partial charge in [0.15, 0.2) is 0 Å². The van der Waals surface area contributed by atoms with Crippen LogP contribution in [-0.2, 0) is 16.7 Å². The summed E-state index contributed by atoms with van der Waals surface area (Å²) in [5, 5.41) is 4.24. The second-order valence-corrected chi connectivity index (χ2v) is 6.05. The van der Waals surface area contributed by atoms with Crippen LogP contribution in [0, 0.1) is 10.5 Å². The smallest absolute Gasteiger partial charge is 0.264 e. The maximum atomic E-state index is 10.4. The molecule has 0 bridgehead atoms. The minimum atomic E-state index is -3.81. The van der Waals surface area contributed by atoms with Crippen molar-refractivity contribution in [3.05, 3.63) is 15.5 Å². The second kappa shape index (κ2) is 5.26. The highest BCUT2D eigenvalue weighted by Gasteiger charge is 2.04. The van der Waals surface area contributed by atoms with Crippen LogP contribution < -0.4 is 0 Å². The fourth-order valence-electron chi connectivity index (χ4n) is 1.17. The van der Waals surface area contributed by atoms with Crippen molar-refractivity contribution >= 4 is 32.7 Å². The molecule has 1 aromatic heterocycles. The van der Waals surface area contributed by atoms with Crippen molar-refractivity contribution in [2.24, 2.45) is 0 Å². The van der Waals surface area contributed by atoms with Gasteiger partial charge in [-0.2, -0.15) is 13.5 Å². The molecule has 86 valence electrons. The van der Waals surface area contributed by atoms with Crippen molar-refractivity contribution in [1.82, 2.24) is 9.78 Å². The summed E-state index contributed by atoms with van der Waals surface area (Å²) in [6, 6.07) is 0. The van der Waals surface area contributed by atoms with Gasteiger partial charge in [-0.05, 0) is 42.4 Å². The molecule has 0 aromatic carbocycles. The Kier molecular flexibility index (Phi) is 4.53. The SMILES string of the molecule is Cc1nn(CCCCS(=O)(=O)O)cc1I. The Balaban J connectivity index is 2.32. The van der Waals surface area contributed by atoms with Gasteiger partial charge < -0.3 is 0 Å². The number of aryl methyl sites for hydroxylation is 2. The Morgan fingerprint density at radius 1 is 1.53 bits per heavy atom. The van der Waals surface area contributed by atoms with Crippen LogP contribution in [0.3, 0.4) is 0 Å². The van der Waals surface area contributed by atoms with Gasteiger partial charge in [0.2, 0.25) is 0 Å². The van der Waals surface area contributed by atoms with Crippen molar-refractivity contribution in [2.75, 3.05) is 5.75 Å². The van der Waals surface area contributed by atoms with Crippen LogP contribution >= 0.6 is 22.6 Å². The number of halogens is 1. The maximum Gasteiger partial charge on any atom is 0.264 e. The predicted octanol–water partition coefficient (Wildman–Crippen LogP) is 1.46. The van der Waals surface area contributed by atoms with Crippen LogP contribution in [0.25, 0.3) is 0 Å². The molecule has 0 aliphatic rings. The number of aromatic nitrogens is 2. The third-order valence-corrected chi connectivity index (χ3v) is 3.79. The van der Waals surface area contributed by atoms with E-state index in [1.165, 1.54) is 0 Å².